The Morgan fingerprint density at radius 2 is 2.00 bits per heavy atom. The molecule has 5 nitrogen and oxygen atoms in total. The number of aryl methyl sites for hydroxylation is 1. The zero-order valence-electron chi connectivity index (χ0n) is 13.9. The van der Waals surface area contributed by atoms with E-state index < -0.39 is 11.9 Å². The second-order valence-electron chi connectivity index (χ2n) is 5.23. The summed E-state index contributed by atoms with van der Waals surface area (Å²) in [5.41, 5.74) is 2.44. The summed E-state index contributed by atoms with van der Waals surface area (Å²) >= 11 is 3.39. The highest BCUT2D eigenvalue weighted by atomic mass is 79.9. The summed E-state index contributed by atoms with van der Waals surface area (Å²) in [6.45, 7) is 1.57. The summed E-state index contributed by atoms with van der Waals surface area (Å²) in [4.78, 5) is 23.5. The minimum absolute atomic E-state index is 0.351. The highest BCUT2D eigenvalue weighted by Gasteiger charge is 2.06. The summed E-state index contributed by atoms with van der Waals surface area (Å²) in [6.07, 6.45) is 2.87. The molecule has 0 bridgehead atoms. The van der Waals surface area contributed by atoms with E-state index in [2.05, 4.69) is 21.2 Å². The first-order valence-electron chi connectivity index (χ1n) is 7.53. The topological polar surface area (TPSA) is 64.6 Å². The van der Waals surface area contributed by atoms with E-state index in [0.717, 1.165) is 15.6 Å². The lowest BCUT2D eigenvalue weighted by Crippen LogP contribution is -2.20. The first-order chi connectivity index (χ1) is 12.0. The van der Waals surface area contributed by atoms with Crippen molar-refractivity contribution in [3.05, 3.63) is 64.1 Å². The normalized spacial score (nSPS) is 10.5. The minimum Gasteiger partial charge on any atom is -0.497 e. The van der Waals surface area contributed by atoms with Crippen molar-refractivity contribution in [1.29, 1.82) is 0 Å². The van der Waals surface area contributed by atoms with E-state index in [1.807, 2.05) is 37.3 Å². The number of hydrogen-bond donors (Lipinski definition) is 1. The SMILES string of the molecule is COc1cccc(/C=C/C(=O)OCC(=O)Nc2ccc(Br)c(C)c2)c1. The third kappa shape index (κ3) is 6.08. The molecule has 0 aliphatic heterocycles. The predicted octanol–water partition coefficient (Wildman–Crippen LogP) is 3.96. The number of nitrogens with one attached hydrogen (secondary N) is 1. The standard InChI is InChI=1S/C19H18BrNO4/c1-13-10-15(7-8-17(13)20)21-18(22)12-25-19(23)9-6-14-4-3-5-16(11-14)24-2/h3-11H,12H2,1-2H3,(H,21,22)/b9-6+. The highest BCUT2D eigenvalue weighted by Crippen LogP contribution is 2.20. The monoisotopic (exact) mass is 403 g/mol. The maximum atomic E-state index is 11.8. The van der Waals surface area contributed by atoms with Crippen LogP contribution in [0, 0.1) is 6.92 Å². The number of amides is 1. The molecule has 0 aliphatic rings. The molecule has 2 aromatic carbocycles. The van der Waals surface area contributed by atoms with Crippen LogP contribution < -0.4 is 10.1 Å². The van der Waals surface area contributed by atoms with E-state index >= 15 is 0 Å². The molecule has 0 saturated heterocycles. The lowest BCUT2D eigenvalue weighted by molar-refractivity contribution is -0.142. The van der Waals surface area contributed by atoms with Gasteiger partial charge >= 0.3 is 5.97 Å². The maximum absolute atomic E-state index is 11.8. The molecule has 0 radical (unpaired) electrons. The Hall–Kier alpha value is -2.60. The minimum atomic E-state index is -0.593. The molecule has 25 heavy (non-hydrogen) atoms. The number of ether oxygens (including phenoxy) is 2. The molecule has 0 aromatic heterocycles. The van der Waals surface area contributed by atoms with Crippen molar-refractivity contribution in [1.82, 2.24) is 0 Å². The van der Waals surface area contributed by atoms with Gasteiger partial charge in [-0.2, -0.15) is 0 Å². The Bertz CT molecular complexity index is 802. The van der Waals surface area contributed by atoms with Gasteiger partial charge in [0.1, 0.15) is 5.75 Å². The van der Waals surface area contributed by atoms with E-state index in [1.54, 1.807) is 25.3 Å². The van der Waals surface area contributed by atoms with Gasteiger partial charge in [0.15, 0.2) is 6.61 Å². The molecule has 1 amide bonds. The van der Waals surface area contributed by atoms with Crippen LogP contribution in [0.3, 0.4) is 0 Å². The Morgan fingerprint density at radius 3 is 2.72 bits per heavy atom. The second-order valence-corrected chi connectivity index (χ2v) is 6.08. The van der Waals surface area contributed by atoms with Gasteiger partial charge in [-0.15, -0.1) is 0 Å². The summed E-state index contributed by atoms with van der Waals surface area (Å²) < 4.78 is 11.0. The average molecular weight is 404 g/mol. The van der Waals surface area contributed by atoms with Gasteiger partial charge in [0, 0.05) is 16.2 Å². The number of anilines is 1. The van der Waals surface area contributed by atoms with Gasteiger partial charge in [-0.25, -0.2) is 4.79 Å². The predicted molar refractivity (Wildman–Crippen MR) is 100 cm³/mol. The first-order valence-corrected chi connectivity index (χ1v) is 8.32. The molecule has 0 fully saturated rings. The van der Waals surface area contributed by atoms with Gasteiger partial charge in [0.2, 0.25) is 0 Å². The number of esters is 1. The van der Waals surface area contributed by atoms with Crippen LogP contribution in [0.2, 0.25) is 0 Å². The van der Waals surface area contributed by atoms with Crippen LogP contribution in [0.1, 0.15) is 11.1 Å². The van der Waals surface area contributed by atoms with Crippen LogP contribution in [0.25, 0.3) is 6.08 Å². The van der Waals surface area contributed by atoms with Gasteiger partial charge in [-0.3, -0.25) is 4.79 Å². The zero-order chi connectivity index (χ0) is 18.2. The van der Waals surface area contributed by atoms with Crippen LogP contribution in [-0.4, -0.2) is 25.6 Å². The molecule has 0 spiro atoms. The fraction of sp³-hybridized carbons (Fsp3) is 0.158. The number of rotatable bonds is 6. The quantitative estimate of drug-likeness (QED) is 0.585. The fourth-order valence-corrected chi connectivity index (χ4v) is 2.26. The molecular formula is C19H18BrNO4. The lowest BCUT2D eigenvalue weighted by Gasteiger charge is -2.07. The van der Waals surface area contributed by atoms with Crippen LogP contribution in [0.4, 0.5) is 5.69 Å². The summed E-state index contributed by atoms with van der Waals surface area (Å²) in [5, 5.41) is 2.68. The van der Waals surface area contributed by atoms with Crippen molar-refractivity contribution in [2.45, 2.75) is 6.92 Å². The van der Waals surface area contributed by atoms with Crippen LogP contribution >= 0.6 is 15.9 Å². The van der Waals surface area contributed by atoms with E-state index in [0.29, 0.717) is 11.4 Å². The third-order valence-electron chi connectivity index (χ3n) is 3.29. The molecule has 1 N–H and O–H groups in total. The Kier molecular flexibility index (Phi) is 6.77. The van der Waals surface area contributed by atoms with Gasteiger partial charge < -0.3 is 14.8 Å². The number of halogens is 1. The average Bonchev–Trinajstić information content (AvgIpc) is 2.61. The van der Waals surface area contributed by atoms with Crippen molar-refractivity contribution in [2.24, 2.45) is 0 Å². The van der Waals surface area contributed by atoms with E-state index in [-0.39, 0.29) is 6.61 Å². The van der Waals surface area contributed by atoms with Gasteiger partial charge in [0.25, 0.3) is 5.91 Å². The van der Waals surface area contributed by atoms with Gasteiger partial charge in [-0.05, 0) is 54.5 Å². The van der Waals surface area contributed by atoms with Gasteiger partial charge in [0.05, 0.1) is 7.11 Å². The number of carbonyl (C=O) groups excluding carboxylic acids is 2. The summed E-state index contributed by atoms with van der Waals surface area (Å²) in [6, 6.07) is 12.7. The molecule has 2 aromatic rings. The van der Waals surface area contributed by atoms with Crippen molar-refractivity contribution in [3.63, 3.8) is 0 Å². The summed E-state index contributed by atoms with van der Waals surface area (Å²) in [7, 11) is 1.57. The number of carbonyl (C=O) groups is 2. The zero-order valence-corrected chi connectivity index (χ0v) is 15.5. The van der Waals surface area contributed by atoms with Gasteiger partial charge in [-0.1, -0.05) is 28.1 Å². The smallest absolute Gasteiger partial charge is 0.331 e. The molecule has 0 saturated carbocycles. The Labute approximate surface area is 154 Å². The fourth-order valence-electron chi connectivity index (χ4n) is 2.01. The molecule has 0 atom stereocenters. The van der Waals surface area contributed by atoms with Crippen molar-refractivity contribution in [2.75, 3.05) is 19.0 Å². The van der Waals surface area contributed by atoms with Crippen LogP contribution in [0.15, 0.2) is 53.0 Å². The van der Waals surface area contributed by atoms with Crippen LogP contribution in [0.5, 0.6) is 5.75 Å². The van der Waals surface area contributed by atoms with Crippen molar-refractivity contribution >= 4 is 39.6 Å². The second kappa shape index (κ2) is 9.03. The van der Waals surface area contributed by atoms with Crippen LogP contribution in [-0.2, 0) is 14.3 Å². The van der Waals surface area contributed by atoms with Crippen molar-refractivity contribution < 1.29 is 19.1 Å². The first kappa shape index (κ1) is 18.7. The van der Waals surface area contributed by atoms with Crippen molar-refractivity contribution in [3.8, 4) is 5.75 Å². The molecule has 0 heterocycles. The third-order valence-corrected chi connectivity index (χ3v) is 4.18. The molecule has 0 aliphatic carbocycles. The molecular weight excluding hydrogens is 386 g/mol. The van der Waals surface area contributed by atoms with E-state index in [1.165, 1.54) is 6.08 Å². The Balaban J connectivity index is 1.83. The molecule has 6 heteroatoms. The molecule has 2 rings (SSSR count). The van der Waals surface area contributed by atoms with E-state index in [9.17, 15) is 9.59 Å². The maximum Gasteiger partial charge on any atom is 0.331 e. The lowest BCUT2D eigenvalue weighted by atomic mass is 10.2. The summed E-state index contributed by atoms with van der Waals surface area (Å²) in [5.74, 6) is -0.297. The number of methoxy groups -OCH3 is 1. The highest BCUT2D eigenvalue weighted by molar-refractivity contribution is 9.10. The van der Waals surface area contributed by atoms with E-state index in [4.69, 9.17) is 9.47 Å². The largest absolute Gasteiger partial charge is 0.497 e. The number of benzene rings is 2. The Morgan fingerprint density at radius 1 is 1.20 bits per heavy atom. The molecule has 0 unspecified atom stereocenters. The molecule has 130 valence electrons. The number of hydrogen-bond acceptors (Lipinski definition) is 4.